The van der Waals surface area contributed by atoms with E-state index in [1.54, 1.807) is 10.9 Å². The summed E-state index contributed by atoms with van der Waals surface area (Å²) in [5.74, 6) is 0.459. The molecule has 1 amide bonds. The average Bonchev–Trinajstić information content (AvgIpc) is 2.84. The Balaban J connectivity index is 0.00000361. The lowest BCUT2D eigenvalue weighted by Gasteiger charge is -2.04. The maximum Gasteiger partial charge on any atom is 0.273 e. The van der Waals surface area contributed by atoms with Gasteiger partial charge in [0.1, 0.15) is 0 Å². The number of carbonyl (C=O) groups is 1. The van der Waals surface area contributed by atoms with Crippen LogP contribution < -0.4 is 10.6 Å². The van der Waals surface area contributed by atoms with E-state index >= 15 is 0 Å². The Hall–Kier alpha value is -1.14. The summed E-state index contributed by atoms with van der Waals surface area (Å²) >= 11 is 0. The molecule has 0 aliphatic rings. The van der Waals surface area contributed by atoms with E-state index in [1.165, 1.54) is 0 Å². The molecule has 0 radical (unpaired) electrons. The molecule has 1 aromatic heterocycles. The van der Waals surface area contributed by atoms with Crippen LogP contribution in [0.1, 0.15) is 44.1 Å². The fourth-order valence-corrected chi connectivity index (χ4v) is 1.56. The highest BCUT2D eigenvalue weighted by atomic mass is 35.5. The summed E-state index contributed by atoms with van der Waals surface area (Å²) < 4.78 is 1.73. The van der Waals surface area contributed by atoms with Crippen LogP contribution in [0, 0.1) is 5.92 Å². The minimum Gasteiger partial charge on any atom is -0.349 e. The van der Waals surface area contributed by atoms with Gasteiger partial charge in [-0.25, -0.2) is 0 Å². The summed E-state index contributed by atoms with van der Waals surface area (Å²) in [6, 6.07) is 0. The van der Waals surface area contributed by atoms with Gasteiger partial charge in [0.05, 0.1) is 6.20 Å². The van der Waals surface area contributed by atoms with E-state index in [1.807, 2.05) is 0 Å². The van der Waals surface area contributed by atoms with Gasteiger partial charge in [0.15, 0.2) is 5.69 Å². The zero-order chi connectivity index (χ0) is 14.1. The Morgan fingerprint density at radius 2 is 2.10 bits per heavy atom. The number of aromatic nitrogens is 3. The first-order valence-electron chi connectivity index (χ1n) is 7.02. The Bertz CT molecular complexity index is 381. The van der Waals surface area contributed by atoms with E-state index in [0.29, 0.717) is 18.2 Å². The predicted molar refractivity (Wildman–Crippen MR) is 82.2 cm³/mol. The first-order chi connectivity index (χ1) is 9.13. The van der Waals surface area contributed by atoms with Crippen molar-refractivity contribution in [2.24, 2.45) is 5.92 Å². The fraction of sp³-hybridized carbons (Fsp3) is 0.769. The van der Waals surface area contributed by atoms with E-state index in [9.17, 15) is 4.79 Å². The normalized spacial score (nSPS) is 10.4. The molecule has 0 saturated carbocycles. The highest BCUT2D eigenvalue weighted by Crippen LogP contribution is 2.02. The SMILES string of the molecule is CCCNCCNC(=O)c1cn(CCC(C)C)nn1.Cl. The van der Waals surface area contributed by atoms with Gasteiger partial charge in [-0.2, -0.15) is 0 Å². The van der Waals surface area contributed by atoms with Crippen LogP contribution >= 0.6 is 12.4 Å². The third-order valence-electron chi connectivity index (χ3n) is 2.72. The lowest BCUT2D eigenvalue weighted by Crippen LogP contribution is -2.32. The van der Waals surface area contributed by atoms with Crippen molar-refractivity contribution in [3.8, 4) is 0 Å². The summed E-state index contributed by atoms with van der Waals surface area (Å²) in [7, 11) is 0. The average molecular weight is 304 g/mol. The summed E-state index contributed by atoms with van der Waals surface area (Å²) in [5.41, 5.74) is 0.388. The molecule has 116 valence electrons. The molecule has 0 unspecified atom stereocenters. The van der Waals surface area contributed by atoms with Gasteiger partial charge >= 0.3 is 0 Å². The Kier molecular flexibility index (Phi) is 10.0. The number of rotatable bonds is 9. The van der Waals surface area contributed by atoms with Gasteiger partial charge in [0, 0.05) is 19.6 Å². The van der Waals surface area contributed by atoms with Crippen molar-refractivity contribution in [2.45, 2.75) is 40.2 Å². The van der Waals surface area contributed by atoms with E-state index in [-0.39, 0.29) is 18.3 Å². The fourth-order valence-electron chi connectivity index (χ4n) is 1.56. The second-order valence-corrected chi connectivity index (χ2v) is 5.06. The van der Waals surface area contributed by atoms with Crippen LogP contribution in [0.25, 0.3) is 0 Å². The van der Waals surface area contributed by atoms with Crippen LogP contribution in [-0.2, 0) is 6.54 Å². The Morgan fingerprint density at radius 3 is 2.75 bits per heavy atom. The Morgan fingerprint density at radius 1 is 1.35 bits per heavy atom. The minimum absolute atomic E-state index is 0. The third kappa shape index (κ3) is 7.45. The van der Waals surface area contributed by atoms with E-state index in [2.05, 4.69) is 41.7 Å². The maximum atomic E-state index is 11.8. The number of halogens is 1. The number of hydrogen-bond donors (Lipinski definition) is 2. The lowest BCUT2D eigenvalue weighted by atomic mass is 10.1. The molecule has 20 heavy (non-hydrogen) atoms. The second-order valence-electron chi connectivity index (χ2n) is 5.06. The molecule has 6 nitrogen and oxygen atoms in total. The molecule has 1 rings (SSSR count). The zero-order valence-corrected chi connectivity index (χ0v) is 13.4. The summed E-state index contributed by atoms with van der Waals surface area (Å²) in [4.78, 5) is 11.8. The van der Waals surface area contributed by atoms with Crippen molar-refractivity contribution in [1.29, 1.82) is 0 Å². The Labute approximate surface area is 127 Å². The molecule has 0 aliphatic heterocycles. The monoisotopic (exact) mass is 303 g/mol. The number of amides is 1. The van der Waals surface area contributed by atoms with Gasteiger partial charge in [-0.15, -0.1) is 17.5 Å². The van der Waals surface area contributed by atoms with Crippen molar-refractivity contribution in [1.82, 2.24) is 25.6 Å². The summed E-state index contributed by atoms with van der Waals surface area (Å²) in [6.45, 7) is 9.60. The molecule has 7 heteroatoms. The van der Waals surface area contributed by atoms with Crippen molar-refractivity contribution < 1.29 is 4.79 Å². The molecule has 0 aliphatic carbocycles. The third-order valence-corrected chi connectivity index (χ3v) is 2.72. The molecule has 0 spiro atoms. The van der Waals surface area contributed by atoms with E-state index in [4.69, 9.17) is 0 Å². The lowest BCUT2D eigenvalue weighted by molar-refractivity contribution is 0.0949. The van der Waals surface area contributed by atoms with E-state index in [0.717, 1.165) is 32.5 Å². The second kappa shape index (κ2) is 10.6. The standard InChI is InChI=1S/C13H25N5O.ClH/c1-4-6-14-7-8-15-13(19)12-10-18(17-16-12)9-5-11(2)3;/h10-11,14H,4-9H2,1-3H3,(H,15,19);1H. The van der Waals surface area contributed by atoms with Gasteiger partial charge in [0.2, 0.25) is 0 Å². The first-order valence-corrected chi connectivity index (χ1v) is 7.02. The van der Waals surface area contributed by atoms with Crippen molar-refractivity contribution in [3.05, 3.63) is 11.9 Å². The summed E-state index contributed by atoms with van der Waals surface area (Å²) in [6.07, 6.45) is 3.83. The molecule has 1 heterocycles. The molecule has 0 atom stereocenters. The van der Waals surface area contributed by atoms with Gasteiger partial charge in [-0.05, 0) is 25.3 Å². The van der Waals surface area contributed by atoms with Crippen molar-refractivity contribution in [2.75, 3.05) is 19.6 Å². The van der Waals surface area contributed by atoms with Crippen LogP contribution in [0.5, 0.6) is 0 Å². The van der Waals surface area contributed by atoms with Crippen molar-refractivity contribution >= 4 is 18.3 Å². The van der Waals surface area contributed by atoms with Crippen LogP contribution in [0.2, 0.25) is 0 Å². The maximum absolute atomic E-state index is 11.8. The number of nitrogens with one attached hydrogen (secondary N) is 2. The largest absolute Gasteiger partial charge is 0.349 e. The topological polar surface area (TPSA) is 71.8 Å². The number of hydrogen-bond acceptors (Lipinski definition) is 4. The molecule has 0 aromatic carbocycles. The van der Waals surface area contributed by atoms with Crippen molar-refractivity contribution in [3.63, 3.8) is 0 Å². The number of carbonyl (C=O) groups excluding carboxylic acids is 1. The molecule has 2 N–H and O–H groups in total. The molecule has 0 fully saturated rings. The number of nitrogens with zero attached hydrogens (tertiary/aromatic N) is 3. The molecular formula is C13H26ClN5O. The molecule has 0 bridgehead atoms. The number of aryl methyl sites for hydroxylation is 1. The molecule has 0 saturated heterocycles. The smallest absolute Gasteiger partial charge is 0.273 e. The summed E-state index contributed by atoms with van der Waals surface area (Å²) in [5, 5.41) is 13.9. The van der Waals surface area contributed by atoms with Gasteiger partial charge in [0.25, 0.3) is 5.91 Å². The molecular weight excluding hydrogens is 278 g/mol. The van der Waals surface area contributed by atoms with E-state index < -0.39 is 0 Å². The first kappa shape index (κ1) is 18.9. The minimum atomic E-state index is -0.158. The van der Waals surface area contributed by atoms with Crippen LogP contribution in [0.4, 0.5) is 0 Å². The van der Waals surface area contributed by atoms with Gasteiger partial charge in [-0.1, -0.05) is 26.0 Å². The van der Waals surface area contributed by atoms with Crippen LogP contribution in [0.15, 0.2) is 6.20 Å². The van der Waals surface area contributed by atoms with Crippen LogP contribution in [0.3, 0.4) is 0 Å². The highest BCUT2D eigenvalue weighted by Gasteiger charge is 2.09. The quantitative estimate of drug-likeness (QED) is 0.678. The highest BCUT2D eigenvalue weighted by molar-refractivity contribution is 5.91. The van der Waals surface area contributed by atoms with Crippen LogP contribution in [-0.4, -0.2) is 40.5 Å². The van der Waals surface area contributed by atoms with Gasteiger partial charge < -0.3 is 10.6 Å². The predicted octanol–water partition coefficient (Wildman–Crippen LogP) is 1.48. The van der Waals surface area contributed by atoms with Gasteiger partial charge in [-0.3, -0.25) is 9.48 Å². The zero-order valence-electron chi connectivity index (χ0n) is 12.6. The molecule has 1 aromatic rings.